The molecule has 0 spiro atoms. The van der Waals surface area contributed by atoms with Crippen LogP contribution in [0.2, 0.25) is 0 Å². The normalized spacial score (nSPS) is 15.2. The van der Waals surface area contributed by atoms with E-state index in [0.717, 1.165) is 18.7 Å². The molecule has 0 saturated carbocycles. The number of morpholine rings is 1. The lowest BCUT2D eigenvalue weighted by atomic mass is 10.0. The number of anilines is 1. The van der Waals surface area contributed by atoms with E-state index in [4.69, 9.17) is 4.74 Å². The van der Waals surface area contributed by atoms with Gasteiger partial charge in [-0.3, -0.25) is 14.5 Å². The van der Waals surface area contributed by atoms with Crippen LogP contribution in [0.15, 0.2) is 72.1 Å². The summed E-state index contributed by atoms with van der Waals surface area (Å²) in [5.74, 6) is -0.351. The molecule has 1 aliphatic heterocycles. The molecule has 1 fully saturated rings. The van der Waals surface area contributed by atoms with Crippen LogP contribution < -0.4 is 10.6 Å². The highest BCUT2D eigenvalue weighted by Crippen LogP contribution is 2.18. The van der Waals surface area contributed by atoms with Crippen LogP contribution >= 0.6 is 11.3 Å². The first-order valence-electron chi connectivity index (χ1n) is 10.3. The number of thiophene rings is 1. The van der Waals surface area contributed by atoms with Gasteiger partial charge in [-0.2, -0.15) is 0 Å². The van der Waals surface area contributed by atoms with Gasteiger partial charge >= 0.3 is 0 Å². The molecule has 2 heterocycles. The van der Waals surface area contributed by atoms with Crippen LogP contribution in [0.3, 0.4) is 0 Å². The van der Waals surface area contributed by atoms with Crippen LogP contribution in [0.4, 0.5) is 5.69 Å². The Morgan fingerprint density at radius 1 is 0.968 bits per heavy atom. The molecule has 160 valence electrons. The fraction of sp³-hybridized carbons (Fsp3) is 0.250. The molecular formula is C24H25N3O3S. The van der Waals surface area contributed by atoms with Gasteiger partial charge < -0.3 is 15.4 Å². The van der Waals surface area contributed by atoms with Crippen molar-refractivity contribution >= 4 is 28.8 Å². The first-order valence-corrected chi connectivity index (χ1v) is 11.2. The molecule has 0 aliphatic carbocycles. The lowest BCUT2D eigenvalue weighted by Gasteiger charge is -2.31. The minimum Gasteiger partial charge on any atom is -0.379 e. The minimum atomic E-state index is -0.179. The van der Waals surface area contributed by atoms with Crippen molar-refractivity contribution in [2.24, 2.45) is 0 Å². The first kappa shape index (κ1) is 21.2. The van der Waals surface area contributed by atoms with Crippen LogP contribution in [-0.2, 0) is 4.74 Å². The summed E-state index contributed by atoms with van der Waals surface area (Å²) in [7, 11) is 0. The zero-order chi connectivity index (χ0) is 21.5. The number of hydrogen-bond donors (Lipinski definition) is 2. The third-order valence-electron chi connectivity index (χ3n) is 5.18. The van der Waals surface area contributed by atoms with E-state index in [-0.39, 0.29) is 17.9 Å². The molecule has 1 aromatic heterocycles. The fourth-order valence-electron chi connectivity index (χ4n) is 3.54. The Balaban J connectivity index is 1.47. The number of rotatable bonds is 7. The van der Waals surface area contributed by atoms with Crippen molar-refractivity contribution in [1.29, 1.82) is 0 Å². The third kappa shape index (κ3) is 5.79. The zero-order valence-corrected chi connectivity index (χ0v) is 17.9. The third-order valence-corrected chi connectivity index (χ3v) is 6.05. The van der Waals surface area contributed by atoms with Crippen molar-refractivity contribution in [3.63, 3.8) is 0 Å². The summed E-state index contributed by atoms with van der Waals surface area (Å²) in [5.41, 5.74) is 2.16. The maximum Gasteiger partial charge on any atom is 0.265 e. The molecule has 1 aliphatic rings. The number of nitrogens with zero attached hydrogens (tertiary/aromatic N) is 1. The lowest BCUT2D eigenvalue weighted by Crippen LogP contribution is -2.43. The molecule has 3 aromatic rings. The van der Waals surface area contributed by atoms with Crippen LogP contribution in [0.25, 0.3) is 0 Å². The predicted molar refractivity (Wildman–Crippen MR) is 123 cm³/mol. The standard InChI is InChI=1S/C24H25N3O3S/c28-23(19-8-4-9-20(16-19)25-24(29)22-10-5-15-31-22)26-21(18-6-2-1-3-7-18)17-27-11-13-30-14-12-27/h1-10,15-16,21H,11-14,17H2,(H,25,29)(H,26,28)/t21-/m0/s1. The number of carbonyl (C=O) groups is 2. The van der Waals surface area contributed by atoms with Crippen molar-refractivity contribution in [3.8, 4) is 0 Å². The van der Waals surface area contributed by atoms with Gasteiger partial charge in [-0.15, -0.1) is 11.3 Å². The van der Waals surface area contributed by atoms with E-state index in [2.05, 4.69) is 15.5 Å². The number of carbonyl (C=O) groups excluding carboxylic acids is 2. The molecule has 0 radical (unpaired) electrons. The van der Waals surface area contributed by atoms with Crippen LogP contribution in [0.5, 0.6) is 0 Å². The number of nitrogens with one attached hydrogen (secondary N) is 2. The fourth-order valence-corrected chi connectivity index (χ4v) is 4.16. The van der Waals surface area contributed by atoms with Gasteiger partial charge in [0.05, 0.1) is 24.1 Å². The molecule has 1 atom stereocenters. The average Bonchev–Trinajstić information content (AvgIpc) is 3.35. The largest absolute Gasteiger partial charge is 0.379 e. The van der Waals surface area contributed by atoms with Crippen LogP contribution in [0.1, 0.15) is 31.6 Å². The maximum absolute atomic E-state index is 13.1. The van der Waals surface area contributed by atoms with Gasteiger partial charge in [0.15, 0.2) is 0 Å². The summed E-state index contributed by atoms with van der Waals surface area (Å²) >= 11 is 1.38. The Hall–Kier alpha value is -3.00. The second-order valence-electron chi connectivity index (χ2n) is 7.36. The average molecular weight is 436 g/mol. The molecule has 2 N–H and O–H groups in total. The van der Waals surface area contributed by atoms with Crippen molar-refractivity contribution in [2.45, 2.75) is 6.04 Å². The van der Waals surface area contributed by atoms with E-state index in [1.54, 1.807) is 30.3 Å². The predicted octanol–water partition coefficient (Wildman–Crippen LogP) is 3.80. The van der Waals surface area contributed by atoms with Gasteiger partial charge in [-0.25, -0.2) is 0 Å². The number of ether oxygens (including phenoxy) is 1. The quantitative estimate of drug-likeness (QED) is 0.592. The minimum absolute atomic E-state index is 0.142. The molecule has 7 heteroatoms. The lowest BCUT2D eigenvalue weighted by molar-refractivity contribution is 0.0332. The van der Waals surface area contributed by atoms with Crippen LogP contribution in [0, 0.1) is 0 Å². The summed E-state index contributed by atoms with van der Waals surface area (Å²) in [5, 5.41) is 7.89. The Labute approximate surface area is 185 Å². The Kier molecular flexibility index (Phi) is 7.09. The highest BCUT2D eigenvalue weighted by molar-refractivity contribution is 7.12. The first-order chi connectivity index (χ1) is 15.2. The van der Waals surface area contributed by atoms with Crippen molar-refractivity contribution < 1.29 is 14.3 Å². The van der Waals surface area contributed by atoms with Crippen molar-refractivity contribution in [2.75, 3.05) is 38.2 Å². The van der Waals surface area contributed by atoms with Crippen molar-refractivity contribution in [3.05, 3.63) is 88.1 Å². The van der Waals surface area contributed by atoms with E-state index >= 15 is 0 Å². The summed E-state index contributed by atoms with van der Waals surface area (Å²) in [6.07, 6.45) is 0. The topological polar surface area (TPSA) is 70.7 Å². The smallest absolute Gasteiger partial charge is 0.265 e. The van der Waals surface area contributed by atoms with Crippen molar-refractivity contribution in [1.82, 2.24) is 10.2 Å². The number of amides is 2. The highest BCUT2D eigenvalue weighted by Gasteiger charge is 2.21. The molecule has 4 rings (SSSR count). The summed E-state index contributed by atoms with van der Waals surface area (Å²) in [6, 6.07) is 20.5. The van der Waals surface area contributed by atoms with Gasteiger partial charge in [0.25, 0.3) is 11.8 Å². The van der Waals surface area contributed by atoms with Gasteiger partial charge in [0.1, 0.15) is 0 Å². The molecule has 2 amide bonds. The van der Waals surface area contributed by atoms with E-state index in [0.29, 0.717) is 35.9 Å². The maximum atomic E-state index is 13.1. The molecule has 2 aromatic carbocycles. The Morgan fingerprint density at radius 2 is 1.77 bits per heavy atom. The van der Waals surface area contributed by atoms with Gasteiger partial charge in [0.2, 0.25) is 0 Å². The number of benzene rings is 2. The van der Waals surface area contributed by atoms with Gasteiger partial charge in [-0.1, -0.05) is 42.5 Å². The SMILES string of the molecule is O=C(N[C@@H](CN1CCOCC1)c1ccccc1)c1cccc(NC(=O)c2cccs2)c1. The highest BCUT2D eigenvalue weighted by atomic mass is 32.1. The molecule has 6 nitrogen and oxygen atoms in total. The number of hydrogen-bond acceptors (Lipinski definition) is 5. The van der Waals surface area contributed by atoms with E-state index in [1.165, 1.54) is 11.3 Å². The zero-order valence-electron chi connectivity index (χ0n) is 17.1. The van der Waals surface area contributed by atoms with E-state index in [1.807, 2.05) is 41.8 Å². The second-order valence-corrected chi connectivity index (χ2v) is 8.31. The summed E-state index contributed by atoms with van der Waals surface area (Å²) in [4.78, 5) is 28.3. The molecular weight excluding hydrogens is 410 g/mol. The van der Waals surface area contributed by atoms with E-state index < -0.39 is 0 Å². The molecule has 31 heavy (non-hydrogen) atoms. The molecule has 0 bridgehead atoms. The second kappa shape index (κ2) is 10.3. The van der Waals surface area contributed by atoms with E-state index in [9.17, 15) is 9.59 Å². The summed E-state index contributed by atoms with van der Waals surface area (Å²) < 4.78 is 5.45. The monoisotopic (exact) mass is 435 g/mol. The van der Waals surface area contributed by atoms with Crippen LogP contribution in [-0.4, -0.2) is 49.6 Å². The summed E-state index contributed by atoms with van der Waals surface area (Å²) in [6.45, 7) is 3.84. The Morgan fingerprint density at radius 3 is 2.52 bits per heavy atom. The molecule has 1 saturated heterocycles. The van der Waals surface area contributed by atoms with Gasteiger partial charge in [0, 0.05) is 30.9 Å². The Bertz CT molecular complexity index is 1000. The molecule has 0 unspecified atom stereocenters. The van der Waals surface area contributed by atoms with Gasteiger partial charge in [-0.05, 0) is 35.2 Å².